The maximum Gasteiger partial charge on any atom is 0.271 e. The maximum absolute atomic E-state index is 12.3. The molecule has 1 N–H and O–H groups in total. The first kappa shape index (κ1) is 16.1. The molecule has 8 heteroatoms. The van der Waals surface area contributed by atoms with Crippen LogP contribution >= 0.6 is 22.7 Å². The molecule has 0 bridgehead atoms. The summed E-state index contributed by atoms with van der Waals surface area (Å²) in [6, 6.07) is 3.77. The molecule has 2 aromatic rings. The summed E-state index contributed by atoms with van der Waals surface area (Å²) in [4.78, 5) is 31.3. The van der Waals surface area contributed by atoms with E-state index in [4.69, 9.17) is 4.74 Å². The molecular weight excluding hydrogens is 334 g/mol. The summed E-state index contributed by atoms with van der Waals surface area (Å²) in [5.74, 6) is -0.180. The minimum atomic E-state index is -0.226. The molecule has 0 aliphatic carbocycles. The Morgan fingerprint density at radius 1 is 1.52 bits per heavy atom. The van der Waals surface area contributed by atoms with Crippen molar-refractivity contribution < 1.29 is 14.3 Å². The average molecular weight is 351 g/mol. The lowest BCUT2D eigenvalue weighted by Crippen LogP contribution is -2.37. The van der Waals surface area contributed by atoms with Gasteiger partial charge in [-0.1, -0.05) is 6.07 Å². The van der Waals surface area contributed by atoms with Gasteiger partial charge in [-0.15, -0.1) is 22.7 Å². The first-order chi connectivity index (χ1) is 11.2. The van der Waals surface area contributed by atoms with E-state index in [9.17, 15) is 9.59 Å². The van der Waals surface area contributed by atoms with Crippen molar-refractivity contribution in [3.8, 4) is 9.88 Å². The molecule has 1 saturated heterocycles. The fourth-order valence-electron chi connectivity index (χ4n) is 2.44. The highest BCUT2D eigenvalue weighted by Gasteiger charge is 2.30. The van der Waals surface area contributed by atoms with E-state index in [1.54, 1.807) is 28.7 Å². The summed E-state index contributed by atoms with van der Waals surface area (Å²) in [5, 5.41) is 7.47. The van der Waals surface area contributed by atoms with Gasteiger partial charge in [0.05, 0.1) is 17.5 Å². The lowest BCUT2D eigenvalue weighted by molar-refractivity contribution is -0.128. The number of amides is 2. The Labute approximate surface area is 142 Å². The SMILES string of the molecule is COCCN1C[C@@H](NC(=O)c2csc(-c3cccs3)n2)CC1=O. The Morgan fingerprint density at radius 2 is 2.39 bits per heavy atom. The lowest BCUT2D eigenvalue weighted by Gasteiger charge is -2.16. The Morgan fingerprint density at radius 3 is 3.13 bits per heavy atom. The van der Waals surface area contributed by atoms with E-state index in [-0.39, 0.29) is 17.9 Å². The quantitative estimate of drug-likeness (QED) is 0.862. The summed E-state index contributed by atoms with van der Waals surface area (Å²) in [7, 11) is 1.60. The normalized spacial score (nSPS) is 17.7. The predicted molar refractivity (Wildman–Crippen MR) is 89.8 cm³/mol. The average Bonchev–Trinajstić information content (AvgIpc) is 3.26. The van der Waals surface area contributed by atoms with Crippen LogP contribution in [0.4, 0.5) is 0 Å². The first-order valence-electron chi connectivity index (χ1n) is 7.24. The number of thiazole rings is 1. The molecule has 1 aliphatic heterocycles. The van der Waals surface area contributed by atoms with Crippen LogP contribution in [0.15, 0.2) is 22.9 Å². The van der Waals surface area contributed by atoms with E-state index in [1.807, 2.05) is 17.5 Å². The van der Waals surface area contributed by atoms with E-state index >= 15 is 0 Å². The van der Waals surface area contributed by atoms with E-state index in [0.717, 1.165) is 9.88 Å². The molecule has 0 radical (unpaired) electrons. The monoisotopic (exact) mass is 351 g/mol. The van der Waals surface area contributed by atoms with Crippen LogP contribution in [0, 0.1) is 0 Å². The van der Waals surface area contributed by atoms with Crippen LogP contribution in [0.3, 0.4) is 0 Å². The molecule has 1 aliphatic rings. The predicted octanol–water partition coefficient (Wildman–Crippen LogP) is 1.85. The van der Waals surface area contributed by atoms with Crippen LogP contribution in [0.5, 0.6) is 0 Å². The molecule has 0 aromatic carbocycles. The number of aromatic nitrogens is 1. The topological polar surface area (TPSA) is 71.5 Å². The third-order valence-corrected chi connectivity index (χ3v) is 5.47. The van der Waals surface area contributed by atoms with E-state index < -0.39 is 0 Å². The molecular formula is C15H17N3O3S2. The number of nitrogens with zero attached hydrogens (tertiary/aromatic N) is 2. The van der Waals surface area contributed by atoms with Crippen molar-refractivity contribution in [3.63, 3.8) is 0 Å². The van der Waals surface area contributed by atoms with Gasteiger partial charge in [0.15, 0.2) is 0 Å². The Bertz CT molecular complexity index is 684. The van der Waals surface area contributed by atoms with Crippen molar-refractivity contribution in [1.29, 1.82) is 0 Å². The van der Waals surface area contributed by atoms with Gasteiger partial charge >= 0.3 is 0 Å². The molecule has 2 aromatic heterocycles. The smallest absolute Gasteiger partial charge is 0.271 e. The fourth-order valence-corrected chi connectivity index (χ4v) is 4.05. The number of rotatable bonds is 6. The molecule has 1 fully saturated rings. The second-order valence-electron chi connectivity index (χ2n) is 5.22. The summed E-state index contributed by atoms with van der Waals surface area (Å²) in [5.41, 5.74) is 0.404. The molecule has 6 nitrogen and oxygen atoms in total. The van der Waals surface area contributed by atoms with Gasteiger partial charge in [0.25, 0.3) is 5.91 Å². The number of carbonyl (C=O) groups excluding carboxylic acids is 2. The summed E-state index contributed by atoms with van der Waals surface area (Å²) in [6.45, 7) is 1.58. The summed E-state index contributed by atoms with van der Waals surface area (Å²) < 4.78 is 4.99. The zero-order chi connectivity index (χ0) is 16.2. The van der Waals surface area contributed by atoms with Crippen molar-refractivity contribution in [2.75, 3.05) is 26.8 Å². The lowest BCUT2D eigenvalue weighted by atomic mass is 10.2. The maximum atomic E-state index is 12.3. The van der Waals surface area contributed by atoms with Crippen molar-refractivity contribution in [2.45, 2.75) is 12.5 Å². The van der Waals surface area contributed by atoms with Gasteiger partial charge in [0, 0.05) is 32.0 Å². The third-order valence-electron chi connectivity index (χ3n) is 3.58. The van der Waals surface area contributed by atoms with Gasteiger partial charge in [-0.2, -0.15) is 0 Å². The zero-order valence-electron chi connectivity index (χ0n) is 12.7. The molecule has 0 unspecified atom stereocenters. The van der Waals surface area contributed by atoms with Crippen LogP contribution in [0.1, 0.15) is 16.9 Å². The minimum absolute atomic E-state index is 0.0462. The summed E-state index contributed by atoms with van der Waals surface area (Å²) in [6.07, 6.45) is 0.331. The number of ether oxygens (including phenoxy) is 1. The van der Waals surface area contributed by atoms with Crippen molar-refractivity contribution >= 4 is 34.5 Å². The molecule has 23 heavy (non-hydrogen) atoms. The van der Waals surface area contributed by atoms with E-state index in [1.165, 1.54) is 11.3 Å². The third kappa shape index (κ3) is 3.77. The van der Waals surface area contributed by atoms with Gasteiger partial charge in [-0.3, -0.25) is 9.59 Å². The number of likely N-dealkylation sites (tertiary alicyclic amines) is 1. The number of hydrogen-bond acceptors (Lipinski definition) is 6. The number of carbonyl (C=O) groups is 2. The molecule has 122 valence electrons. The van der Waals surface area contributed by atoms with Gasteiger partial charge in [-0.25, -0.2) is 4.98 Å². The fraction of sp³-hybridized carbons (Fsp3) is 0.400. The van der Waals surface area contributed by atoms with Crippen molar-refractivity contribution in [2.24, 2.45) is 0 Å². The Balaban J connectivity index is 1.58. The van der Waals surface area contributed by atoms with Crippen molar-refractivity contribution in [3.05, 3.63) is 28.6 Å². The highest BCUT2D eigenvalue weighted by Crippen LogP contribution is 2.27. The molecule has 1 atom stereocenters. The first-order valence-corrected chi connectivity index (χ1v) is 9.00. The minimum Gasteiger partial charge on any atom is -0.383 e. The van der Waals surface area contributed by atoms with Gasteiger partial charge in [-0.05, 0) is 11.4 Å². The van der Waals surface area contributed by atoms with Gasteiger partial charge in [0.1, 0.15) is 10.7 Å². The molecule has 0 saturated carbocycles. The van der Waals surface area contributed by atoms with Gasteiger partial charge in [0.2, 0.25) is 5.91 Å². The number of hydrogen-bond donors (Lipinski definition) is 1. The van der Waals surface area contributed by atoms with Crippen LogP contribution in [0.2, 0.25) is 0 Å². The van der Waals surface area contributed by atoms with Crippen LogP contribution < -0.4 is 5.32 Å². The second kappa shape index (κ2) is 7.20. The zero-order valence-corrected chi connectivity index (χ0v) is 14.3. The second-order valence-corrected chi connectivity index (χ2v) is 7.03. The van der Waals surface area contributed by atoms with E-state index in [2.05, 4.69) is 10.3 Å². The molecule has 3 heterocycles. The molecule has 2 amide bonds. The molecule has 3 rings (SSSR count). The highest BCUT2D eigenvalue weighted by molar-refractivity contribution is 7.20. The van der Waals surface area contributed by atoms with Crippen LogP contribution in [-0.4, -0.2) is 54.5 Å². The number of methoxy groups -OCH3 is 1. The largest absolute Gasteiger partial charge is 0.383 e. The van der Waals surface area contributed by atoms with E-state index in [0.29, 0.717) is 31.8 Å². The highest BCUT2D eigenvalue weighted by atomic mass is 32.1. The standard InChI is InChI=1S/C15H17N3O3S2/c1-21-5-4-18-8-10(7-13(18)19)16-14(20)11-9-23-15(17-11)12-3-2-6-22-12/h2-3,6,9-10H,4-5,7-8H2,1H3,(H,16,20)/t10-/m0/s1. The molecule has 0 spiro atoms. The number of thiophene rings is 1. The van der Waals surface area contributed by atoms with Crippen molar-refractivity contribution in [1.82, 2.24) is 15.2 Å². The Kier molecular flexibility index (Phi) is 5.04. The van der Waals surface area contributed by atoms with Gasteiger partial charge < -0.3 is 15.0 Å². The number of nitrogens with one attached hydrogen (secondary N) is 1. The van der Waals surface area contributed by atoms with Crippen LogP contribution in [0.25, 0.3) is 9.88 Å². The summed E-state index contributed by atoms with van der Waals surface area (Å²) >= 11 is 3.05. The Hall–Kier alpha value is -1.77. The van der Waals surface area contributed by atoms with Crippen LogP contribution in [-0.2, 0) is 9.53 Å².